The summed E-state index contributed by atoms with van der Waals surface area (Å²) >= 11 is 0. The predicted octanol–water partition coefficient (Wildman–Crippen LogP) is 3.57. The van der Waals surface area contributed by atoms with Crippen LogP contribution in [0.1, 0.15) is 39.0 Å². The van der Waals surface area contributed by atoms with Gasteiger partial charge in [-0.2, -0.15) is 0 Å². The Kier molecular flexibility index (Phi) is 5.40. The summed E-state index contributed by atoms with van der Waals surface area (Å²) in [6, 6.07) is 3.43. The van der Waals surface area contributed by atoms with Crippen molar-refractivity contribution >= 4 is 29.7 Å². The first-order valence-electron chi connectivity index (χ1n) is 7.61. The summed E-state index contributed by atoms with van der Waals surface area (Å²) in [5.41, 5.74) is 7.06. The summed E-state index contributed by atoms with van der Waals surface area (Å²) in [5, 5.41) is 2.90. The number of ether oxygens (including phenoxy) is 2. The molecule has 1 aliphatic carbocycles. The minimum absolute atomic E-state index is 0. The second-order valence-electron chi connectivity index (χ2n) is 6.18. The Labute approximate surface area is 137 Å². The Balaban J connectivity index is 0.00000176. The fourth-order valence-electron chi connectivity index (χ4n) is 3.27. The van der Waals surface area contributed by atoms with E-state index in [1.165, 1.54) is 12.8 Å². The third kappa shape index (κ3) is 3.77. The zero-order valence-corrected chi connectivity index (χ0v) is 13.6. The van der Waals surface area contributed by atoms with Gasteiger partial charge in [-0.15, -0.1) is 12.4 Å². The van der Waals surface area contributed by atoms with Crippen molar-refractivity contribution in [2.75, 3.05) is 17.8 Å². The molecule has 2 atom stereocenters. The fraction of sp³-hybridized carbons (Fsp3) is 0.562. The average Bonchev–Trinajstić information content (AvgIpc) is 2.86. The molecule has 1 aromatic carbocycles. The summed E-state index contributed by atoms with van der Waals surface area (Å²) in [6.07, 6.45) is 5.37. The number of fused-ring (bicyclic) bond motifs is 1. The van der Waals surface area contributed by atoms with Gasteiger partial charge < -0.3 is 20.5 Å². The molecule has 2 aliphatic rings. The number of hydrogen-bond acceptors (Lipinski definition) is 4. The molecular weight excluding hydrogens is 304 g/mol. The number of halogens is 1. The molecule has 122 valence electrons. The van der Waals surface area contributed by atoms with Crippen molar-refractivity contribution in [2.24, 2.45) is 11.8 Å². The highest BCUT2D eigenvalue weighted by molar-refractivity contribution is 5.94. The maximum absolute atomic E-state index is 12.2. The van der Waals surface area contributed by atoms with Crippen molar-refractivity contribution in [2.45, 2.75) is 39.0 Å². The minimum Gasteiger partial charge on any atom is -0.454 e. The molecule has 1 heterocycles. The van der Waals surface area contributed by atoms with Crippen LogP contribution in [-0.4, -0.2) is 12.7 Å². The number of nitrogen functional groups attached to an aromatic ring is 1. The van der Waals surface area contributed by atoms with Crippen molar-refractivity contribution in [3.05, 3.63) is 12.1 Å². The topological polar surface area (TPSA) is 73.6 Å². The molecule has 2 unspecified atom stereocenters. The molecule has 3 rings (SSSR count). The van der Waals surface area contributed by atoms with E-state index in [4.69, 9.17) is 15.2 Å². The van der Waals surface area contributed by atoms with Crippen LogP contribution < -0.4 is 20.5 Å². The number of benzene rings is 1. The highest BCUT2D eigenvalue weighted by atomic mass is 35.5. The lowest BCUT2D eigenvalue weighted by Crippen LogP contribution is -2.21. The van der Waals surface area contributed by atoms with Crippen LogP contribution in [0.25, 0.3) is 0 Å². The van der Waals surface area contributed by atoms with E-state index >= 15 is 0 Å². The molecule has 0 aromatic heterocycles. The van der Waals surface area contributed by atoms with Crippen LogP contribution in [0.4, 0.5) is 11.4 Å². The summed E-state index contributed by atoms with van der Waals surface area (Å²) in [6.45, 7) is 2.46. The van der Waals surface area contributed by atoms with Crippen LogP contribution in [0.15, 0.2) is 12.1 Å². The number of amides is 1. The average molecular weight is 327 g/mol. The molecule has 22 heavy (non-hydrogen) atoms. The Morgan fingerprint density at radius 1 is 1.32 bits per heavy atom. The van der Waals surface area contributed by atoms with Crippen molar-refractivity contribution < 1.29 is 14.3 Å². The molecule has 0 spiro atoms. The van der Waals surface area contributed by atoms with Crippen LogP contribution in [0, 0.1) is 11.8 Å². The zero-order chi connectivity index (χ0) is 14.8. The van der Waals surface area contributed by atoms with Gasteiger partial charge in [0.2, 0.25) is 12.7 Å². The van der Waals surface area contributed by atoms with Crippen LogP contribution in [0.3, 0.4) is 0 Å². The molecule has 0 bridgehead atoms. The van der Waals surface area contributed by atoms with Crippen molar-refractivity contribution in [1.82, 2.24) is 0 Å². The van der Waals surface area contributed by atoms with Crippen LogP contribution in [0.5, 0.6) is 11.5 Å². The van der Waals surface area contributed by atoms with E-state index in [2.05, 4.69) is 12.2 Å². The first-order valence-corrected chi connectivity index (χ1v) is 7.61. The first-order chi connectivity index (χ1) is 10.1. The summed E-state index contributed by atoms with van der Waals surface area (Å²) in [4.78, 5) is 12.2. The second-order valence-corrected chi connectivity index (χ2v) is 6.18. The van der Waals surface area contributed by atoms with E-state index < -0.39 is 0 Å². The molecule has 1 aliphatic heterocycles. The van der Waals surface area contributed by atoms with Gasteiger partial charge in [-0.3, -0.25) is 4.79 Å². The molecule has 0 saturated heterocycles. The highest BCUT2D eigenvalue weighted by Crippen LogP contribution is 2.38. The standard InChI is InChI=1S/C16H22N2O3.ClH/c1-10-3-2-4-11(5-10)6-16(19)18-13-8-15-14(7-12(13)17)20-9-21-15;/h7-8,10-11H,2-6,9,17H2,1H3,(H,18,19);1H. The van der Waals surface area contributed by atoms with Gasteiger partial charge in [-0.1, -0.05) is 19.8 Å². The van der Waals surface area contributed by atoms with Gasteiger partial charge >= 0.3 is 0 Å². The van der Waals surface area contributed by atoms with Gasteiger partial charge in [0.15, 0.2) is 11.5 Å². The van der Waals surface area contributed by atoms with Crippen LogP contribution in [-0.2, 0) is 4.79 Å². The van der Waals surface area contributed by atoms with Gasteiger partial charge in [-0.25, -0.2) is 0 Å². The van der Waals surface area contributed by atoms with Crippen molar-refractivity contribution in [3.8, 4) is 11.5 Å². The molecule has 1 saturated carbocycles. The SMILES string of the molecule is CC1CCCC(CC(=O)Nc2cc3c(cc2N)OCO3)C1.Cl. The zero-order valence-electron chi connectivity index (χ0n) is 12.8. The largest absolute Gasteiger partial charge is 0.454 e. The lowest BCUT2D eigenvalue weighted by atomic mass is 9.81. The maximum Gasteiger partial charge on any atom is 0.231 e. The lowest BCUT2D eigenvalue weighted by Gasteiger charge is -2.26. The number of hydrogen-bond donors (Lipinski definition) is 2. The molecule has 3 N–H and O–H groups in total. The van der Waals surface area contributed by atoms with E-state index in [1.54, 1.807) is 12.1 Å². The van der Waals surface area contributed by atoms with E-state index in [9.17, 15) is 4.79 Å². The molecule has 1 aromatic rings. The maximum atomic E-state index is 12.2. The molecule has 1 amide bonds. The van der Waals surface area contributed by atoms with E-state index in [-0.39, 0.29) is 25.1 Å². The number of rotatable bonds is 3. The number of carbonyl (C=O) groups is 1. The van der Waals surface area contributed by atoms with Gasteiger partial charge in [0.25, 0.3) is 0 Å². The Morgan fingerprint density at radius 3 is 2.77 bits per heavy atom. The molecule has 6 heteroatoms. The number of nitrogens with one attached hydrogen (secondary N) is 1. The van der Waals surface area contributed by atoms with E-state index in [0.717, 1.165) is 18.8 Å². The minimum atomic E-state index is 0. The van der Waals surface area contributed by atoms with Crippen molar-refractivity contribution in [3.63, 3.8) is 0 Å². The Morgan fingerprint density at radius 2 is 2.05 bits per heavy atom. The normalized spacial score (nSPS) is 22.8. The second kappa shape index (κ2) is 7.09. The summed E-state index contributed by atoms with van der Waals surface area (Å²) < 4.78 is 10.6. The third-order valence-electron chi connectivity index (χ3n) is 4.34. The van der Waals surface area contributed by atoms with Crippen LogP contribution >= 0.6 is 12.4 Å². The molecule has 1 fully saturated rings. The Hall–Kier alpha value is -1.62. The van der Waals surface area contributed by atoms with E-state index in [1.807, 2.05) is 0 Å². The summed E-state index contributed by atoms with van der Waals surface area (Å²) in [7, 11) is 0. The predicted molar refractivity (Wildman–Crippen MR) is 88.6 cm³/mol. The van der Waals surface area contributed by atoms with Gasteiger partial charge in [0, 0.05) is 18.6 Å². The monoisotopic (exact) mass is 326 g/mol. The molecule has 0 radical (unpaired) electrons. The number of carbonyl (C=O) groups excluding carboxylic acids is 1. The van der Waals surface area contributed by atoms with Gasteiger partial charge in [0.1, 0.15) is 0 Å². The van der Waals surface area contributed by atoms with Gasteiger partial charge in [0.05, 0.1) is 11.4 Å². The molecule has 5 nitrogen and oxygen atoms in total. The molecular formula is C16H23ClN2O3. The van der Waals surface area contributed by atoms with Crippen LogP contribution in [0.2, 0.25) is 0 Å². The third-order valence-corrected chi connectivity index (χ3v) is 4.34. The number of nitrogens with two attached hydrogens (primary N) is 1. The van der Waals surface area contributed by atoms with E-state index in [0.29, 0.717) is 35.2 Å². The first kappa shape index (κ1) is 16.7. The highest BCUT2D eigenvalue weighted by Gasteiger charge is 2.22. The smallest absolute Gasteiger partial charge is 0.231 e. The Bertz CT molecular complexity index is 550. The number of anilines is 2. The quantitative estimate of drug-likeness (QED) is 0.833. The lowest BCUT2D eigenvalue weighted by molar-refractivity contribution is -0.117. The van der Waals surface area contributed by atoms with Gasteiger partial charge in [-0.05, 0) is 24.7 Å². The fourth-order valence-corrected chi connectivity index (χ4v) is 3.27. The van der Waals surface area contributed by atoms with Crippen molar-refractivity contribution in [1.29, 1.82) is 0 Å². The summed E-state index contributed by atoms with van der Waals surface area (Å²) in [5.74, 6) is 2.51.